The van der Waals surface area contributed by atoms with Gasteiger partial charge in [-0.15, -0.1) is 0 Å². The zero-order chi connectivity index (χ0) is 24.2. The first-order valence-electron chi connectivity index (χ1n) is 13.0. The smallest absolute Gasteiger partial charge is 0.240 e. The highest BCUT2D eigenvalue weighted by atomic mass is 16.5. The Kier molecular flexibility index (Phi) is 7.44. The van der Waals surface area contributed by atoms with Gasteiger partial charge < -0.3 is 29.7 Å². The molecule has 0 bridgehead atoms. The molecule has 3 fully saturated rings. The van der Waals surface area contributed by atoms with Crippen LogP contribution < -0.4 is 19.7 Å². The summed E-state index contributed by atoms with van der Waals surface area (Å²) >= 11 is 0. The number of ether oxygens (including phenoxy) is 2. The summed E-state index contributed by atoms with van der Waals surface area (Å²) in [5.74, 6) is 1.67. The van der Waals surface area contributed by atoms with Crippen LogP contribution in [0.1, 0.15) is 37.7 Å². The average molecular weight is 480 g/mol. The Morgan fingerprint density at radius 1 is 1.09 bits per heavy atom. The van der Waals surface area contributed by atoms with Crippen molar-refractivity contribution in [2.45, 2.75) is 62.8 Å². The molecule has 188 valence electrons. The maximum atomic E-state index is 13.4. The molecule has 3 aliphatic rings. The van der Waals surface area contributed by atoms with E-state index in [2.05, 4.69) is 34.5 Å². The second kappa shape index (κ2) is 10.9. The van der Waals surface area contributed by atoms with Gasteiger partial charge in [0.05, 0.1) is 31.4 Å². The topological polar surface area (TPSA) is 74.3 Å². The predicted molar refractivity (Wildman–Crippen MR) is 136 cm³/mol. The van der Waals surface area contributed by atoms with Gasteiger partial charge in [0.2, 0.25) is 5.91 Å². The van der Waals surface area contributed by atoms with Crippen LogP contribution in [-0.4, -0.2) is 73.5 Å². The number of carbonyl (C=O) groups excluding carboxylic acids is 1. The van der Waals surface area contributed by atoms with Gasteiger partial charge in [0, 0.05) is 37.9 Å². The monoisotopic (exact) mass is 479 g/mol. The third-order valence-corrected chi connectivity index (χ3v) is 7.59. The molecule has 7 nitrogen and oxygen atoms in total. The number of amides is 1. The number of rotatable bonds is 7. The molecule has 2 N–H and O–H groups in total. The van der Waals surface area contributed by atoms with Crippen molar-refractivity contribution in [2.24, 2.45) is 0 Å². The Hall–Kier alpha value is -2.77. The van der Waals surface area contributed by atoms with Crippen molar-refractivity contribution >= 4 is 11.6 Å². The van der Waals surface area contributed by atoms with Crippen molar-refractivity contribution in [2.75, 3.05) is 38.2 Å². The van der Waals surface area contributed by atoms with Crippen molar-refractivity contribution < 1.29 is 19.4 Å². The SMILES string of the molecule is COc1ccc(N2CCN(C(=O)[C@@H]3C[C@@H](O)CN3)[C@@H](Cc3ccccc3)C2)cc1OC1CCCC1. The highest BCUT2D eigenvalue weighted by Gasteiger charge is 2.37. The number of aliphatic hydroxyl groups excluding tert-OH is 1. The highest BCUT2D eigenvalue weighted by Crippen LogP contribution is 2.36. The Morgan fingerprint density at radius 2 is 1.89 bits per heavy atom. The molecule has 2 aromatic rings. The van der Waals surface area contributed by atoms with Crippen molar-refractivity contribution in [3.05, 3.63) is 54.1 Å². The molecular weight excluding hydrogens is 442 g/mol. The number of anilines is 1. The summed E-state index contributed by atoms with van der Waals surface area (Å²) < 4.78 is 11.9. The summed E-state index contributed by atoms with van der Waals surface area (Å²) in [6.45, 7) is 2.62. The molecule has 1 saturated carbocycles. The van der Waals surface area contributed by atoms with Crippen LogP contribution in [0.2, 0.25) is 0 Å². The molecule has 3 atom stereocenters. The molecule has 0 radical (unpaired) electrons. The standard InChI is InChI=1S/C28H37N3O4/c1-34-26-12-11-21(16-27(26)35-24-9-5-6-10-24)30-13-14-31(28(33)25-17-23(32)18-29-25)22(19-30)15-20-7-3-2-4-8-20/h2-4,7-8,11-12,16,22-25,29,32H,5-6,9-10,13-15,17-19H2,1H3/t22-,23+,25-/m0/s1. The van der Waals surface area contributed by atoms with Gasteiger partial charge in [-0.2, -0.15) is 0 Å². The van der Waals surface area contributed by atoms with E-state index in [-0.39, 0.29) is 24.1 Å². The summed E-state index contributed by atoms with van der Waals surface area (Å²) in [6, 6.07) is 16.3. The number of piperazine rings is 1. The van der Waals surface area contributed by atoms with E-state index >= 15 is 0 Å². The molecule has 1 aliphatic carbocycles. The lowest BCUT2D eigenvalue weighted by atomic mass is 10.00. The van der Waals surface area contributed by atoms with Gasteiger partial charge in [0.1, 0.15) is 0 Å². The zero-order valence-corrected chi connectivity index (χ0v) is 20.6. The quantitative estimate of drug-likeness (QED) is 0.636. The first kappa shape index (κ1) is 23.9. The van der Waals surface area contributed by atoms with Gasteiger partial charge in [0.25, 0.3) is 0 Å². The Labute approximate surface area is 208 Å². The number of hydrogen-bond donors (Lipinski definition) is 2. The first-order chi connectivity index (χ1) is 17.1. The van der Waals surface area contributed by atoms with E-state index in [4.69, 9.17) is 9.47 Å². The molecule has 2 saturated heterocycles. The Morgan fingerprint density at radius 3 is 2.60 bits per heavy atom. The minimum absolute atomic E-state index is 0.0412. The van der Waals surface area contributed by atoms with Crippen molar-refractivity contribution in [1.29, 1.82) is 0 Å². The fourth-order valence-corrected chi connectivity index (χ4v) is 5.69. The lowest BCUT2D eigenvalue weighted by Crippen LogP contribution is -2.59. The summed E-state index contributed by atoms with van der Waals surface area (Å²) in [4.78, 5) is 17.8. The summed E-state index contributed by atoms with van der Waals surface area (Å²) in [7, 11) is 1.69. The van der Waals surface area contributed by atoms with Crippen LogP contribution in [0.25, 0.3) is 0 Å². The second-order valence-electron chi connectivity index (χ2n) is 10.0. The summed E-state index contributed by atoms with van der Waals surface area (Å²) in [6.07, 6.45) is 5.71. The lowest BCUT2D eigenvalue weighted by Gasteiger charge is -2.43. The number of aliphatic hydroxyl groups is 1. The number of nitrogens with one attached hydrogen (secondary N) is 1. The maximum Gasteiger partial charge on any atom is 0.240 e. The molecular formula is C28H37N3O4. The van der Waals surface area contributed by atoms with Crippen LogP contribution in [0.3, 0.4) is 0 Å². The van der Waals surface area contributed by atoms with Crippen molar-refractivity contribution in [3.8, 4) is 11.5 Å². The van der Waals surface area contributed by atoms with Gasteiger partial charge in [0.15, 0.2) is 11.5 Å². The average Bonchev–Trinajstić information content (AvgIpc) is 3.56. The zero-order valence-electron chi connectivity index (χ0n) is 20.6. The number of β-amino-alcohol motifs (C(OH)–C–C–N with tert-alkyl or cyclic N) is 1. The van der Waals surface area contributed by atoms with E-state index in [1.165, 1.54) is 18.4 Å². The van der Waals surface area contributed by atoms with Crippen LogP contribution in [0.5, 0.6) is 11.5 Å². The molecule has 1 amide bonds. The molecule has 7 heteroatoms. The van der Waals surface area contributed by atoms with Gasteiger partial charge in [-0.25, -0.2) is 0 Å². The Balaban J connectivity index is 1.35. The van der Waals surface area contributed by atoms with Crippen molar-refractivity contribution in [3.63, 3.8) is 0 Å². The number of carbonyl (C=O) groups is 1. The van der Waals surface area contributed by atoms with Crippen LogP contribution in [-0.2, 0) is 11.2 Å². The number of benzene rings is 2. The van der Waals surface area contributed by atoms with E-state index in [1.807, 2.05) is 29.2 Å². The molecule has 35 heavy (non-hydrogen) atoms. The molecule has 2 aromatic carbocycles. The highest BCUT2D eigenvalue weighted by molar-refractivity contribution is 5.83. The predicted octanol–water partition coefficient (Wildman–Crippen LogP) is 3.00. The molecule has 0 unspecified atom stereocenters. The third-order valence-electron chi connectivity index (χ3n) is 7.59. The van der Waals surface area contributed by atoms with E-state index in [9.17, 15) is 9.90 Å². The fraction of sp³-hybridized carbons (Fsp3) is 0.536. The van der Waals surface area contributed by atoms with E-state index < -0.39 is 6.10 Å². The van der Waals surface area contributed by atoms with Crippen LogP contribution >= 0.6 is 0 Å². The second-order valence-corrected chi connectivity index (χ2v) is 10.0. The van der Waals surface area contributed by atoms with Gasteiger partial charge in [-0.3, -0.25) is 4.79 Å². The van der Waals surface area contributed by atoms with Gasteiger partial charge in [-0.1, -0.05) is 30.3 Å². The summed E-state index contributed by atoms with van der Waals surface area (Å²) in [5, 5.41) is 13.1. The fourth-order valence-electron chi connectivity index (χ4n) is 5.69. The molecule has 2 aliphatic heterocycles. The van der Waals surface area contributed by atoms with Crippen LogP contribution in [0.4, 0.5) is 5.69 Å². The van der Waals surface area contributed by atoms with E-state index in [1.54, 1.807) is 7.11 Å². The molecule has 0 spiro atoms. The number of nitrogens with zero attached hydrogens (tertiary/aromatic N) is 2. The minimum Gasteiger partial charge on any atom is -0.493 e. The van der Waals surface area contributed by atoms with E-state index in [0.29, 0.717) is 19.5 Å². The number of hydrogen-bond acceptors (Lipinski definition) is 6. The van der Waals surface area contributed by atoms with Crippen LogP contribution in [0, 0.1) is 0 Å². The van der Waals surface area contributed by atoms with Gasteiger partial charge in [-0.05, 0) is 56.2 Å². The maximum absolute atomic E-state index is 13.4. The summed E-state index contributed by atoms with van der Waals surface area (Å²) in [5.41, 5.74) is 2.31. The number of methoxy groups -OCH3 is 1. The van der Waals surface area contributed by atoms with Crippen molar-refractivity contribution in [1.82, 2.24) is 10.2 Å². The largest absolute Gasteiger partial charge is 0.493 e. The lowest BCUT2D eigenvalue weighted by molar-refractivity contribution is -0.136. The van der Waals surface area contributed by atoms with Crippen LogP contribution in [0.15, 0.2) is 48.5 Å². The third kappa shape index (κ3) is 5.57. The molecule has 2 heterocycles. The first-order valence-corrected chi connectivity index (χ1v) is 13.0. The molecule has 0 aromatic heterocycles. The molecule has 5 rings (SSSR count). The van der Waals surface area contributed by atoms with E-state index in [0.717, 1.165) is 49.5 Å². The minimum atomic E-state index is -0.449. The van der Waals surface area contributed by atoms with Gasteiger partial charge >= 0.3 is 0 Å². The Bertz CT molecular complexity index is 995. The normalized spacial score (nSPS) is 25.1.